The molecule has 0 fully saturated rings. The third-order valence-electron chi connectivity index (χ3n) is 5.78. The highest BCUT2D eigenvalue weighted by Crippen LogP contribution is 2.23. The van der Waals surface area contributed by atoms with Crippen molar-refractivity contribution in [1.29, 1.82) is 0 Å². The lowest BCUT2D eigenvalue weighted by Gasteiger charge is -2.10. The number of ether oxygens (including phenoxy) is 2. The zero-order valence-corrected chi connectivity index (χ0v) is 20.4. The van der Waals surface area contributed by atoms with Crippen LogP contribution in [0.15, 0.2) is 85.1 Å². The summed E-state index contributed by atoms with van der Waals surface area (Å²) < 4.78 is 11.8. The molecule has 4 aromatic rings. The minimum atomic E-state index is -0.423. The molecule has 0 unspecified atom stereocenters. The van der Waals surface area contributed by atoms with Crippen LogP contribution in [0.25, 0.3) is 16.8 Å². The number of para-hydroxylation sites is 1. The first-order valence-corrected chi connectivity index (χ1v) is 11.9. The van der Waals surface area contributed by atoms with E-state index in [0.29, 0.717) is 17.9 Å². The third kappa shape index (κ3) is 5.99. The number of carbonyl (C=O) groups excluding carboxylic acids is 2. The Bertz CT molecular complexity index is 1300. The number of rotatable bonds is 10. The molecule has 1 N–H and O–H groups in total. The zero-order chi connectivity index (χ0) is 25.3. The van der Waals surface area contributed by atoms with Gasteiger partial charge in [-0.2, -0.15) is 5.10 Å². The van der Waals surface area contributed by atoms with Gasteiger partial charge in [-0.1, -0.05) is 67.9 Å². The second-order valence-corrected chi connectivity index (χ2v) is 8.27. The van der Waals surface area contributed by atoms with Crippen molar-refractivity contribution >= 4 is 11.9 Å². The van der Waals surface area contributed by atoms with Gasteiger partial charge < -0.3 is 14.8 Å². The molecule has 184 valence electrons. The normalized spacial score (nSPS) is 10.6. The second kappa shape index (κ2) is 11.8. The van der Waals surface area contributed by atoms with Crippen molar-refractivity contribution in [3.63, 3.8) is 0 Å². The van der Waals surface area contributed by atoms with Crippen LogP contribution in [-0.4, -0.2) is 35.4 Å². The lowest BCUT2D eigenvalue weighted by Crippen LogP contribution is -2.23. The van der Waals surface area contributed by atoms with Crippen LogP contribution in [0.2, 0.25) is 0 Å². The third-order valence-corrected chi connectivity index (χ3v) is 5.78. The fraction of sp³-hybridized carbons (Fsp3) is 0.207. The number of hydrogen-bond donors (Lipinski definition) is 1. The highest BCUT2D eigenvalue weighted by Gasteiger charge is 2.17. The molecule has 0 aliphatic rings. The minimum absolute atomic E-state index is 0.122. The van der Waals surface area contributed by atoms with Crippen LogP contribution in [0.1, 0.15) is 35.0 Å². The summed E-state index contributed by atoms with van der Waals surface area (Å²) in [6.45, 7) is 2.39. The van der Waals surface area contributed by atoms with Crippen molar-refractivity contribution in [3.8, 4) is 22.6 Å². The maximum Gasteiger partial charge on any atom is 0.343 e. The van der Waals surface area contributed by atoms with E-state index in [0.717, 1.165) is 40.9 Å². The van der Waals surface area contributed by atoms with Crippen molar-refractivity contribution in [2.75, 3.05) is 13.7 Å². The number of aromatic nitrogens is 2. The van der Waals surface area contributed by atoms with Gasteiger partial charge in [-0.25, -0.2) is 9.48 Å². The predicted octanol–water partition coefficient (Wildman–Crippen LogP) is 4.97. The van der Waals surface area contributed by atoms with Gasteiger partial charge in [0.25, 0.3) is 5.91 Å². The molecule has 3 aromatic carbocycles. The summed E-state index contributed by atoms with van der Waals surface area (Å²) in [4.78, 5) is 24.2. The van der Waals surface area contributed by atoms with E-state index < -0.39 is 5.97 Å². The summed E-state index contributed by atoms with van der Waals surface area (Å²) in [6.07, 6.45) is 3.33. The van der Waals surface area contributed by atoms with Gasteiger partial charge in [-0.15, -0.1) is 0 Å². The number of hydrogen-bond acceptors (Lipinski definition) is 5. The number of benzene rings is 3. The molecule has 1 heterocycles. The van der Waals surface area contributed by atoms with Gasteiger partial charge in [-0.3, -0.25) is 4.79 Å². The second-order valence-electron chi connectivity index (χ2n) is 8.27. The van der Waals surface area contributed by atoms with Crippen molar-refractivity contribution in [2.45, 2.75) is 26.3 Å². The van der Waals surface area contributed by atoms with Crippen LogP contribution in [-0.2, 0) is 22.5 Å². The smallest absolute Gasteiger partial charge is 0.343 e. The average molecular weight is 484 g/mol. The van der Waals surface area contributed by atoms with Gasteiger partial charge in [0.2, 0.25) is 0 Å². The van der Waals surface area contributed by atoms with Gasteiger partial charge >= 0.3 is 5.97 Å². The molecule has 0 aliphatic carbocycles. The molecule has 1 amide bonds. The number of esters is 1. The van der Waals surface area contributed by atoms with Crippen molar-refractivity contribution in [1.82, 2.24) is 15.1 Å². The summed E-state index contributed by atoms with van der Waals surface area (Å²) in [6, 6.07) is 25.4. The molecule has 0 saturated carbocycles. The highest BCUT2D eigenvalue weighted by molar-refractivity contribution is 5.95. The SMILES string of the molecule is CCCc1c(C(=O)NCc2ccc(-c3ccc(OCC(=O)OC)cc3)cc2)cnn1-c1ccccc1. The molecule has 7 nitrogen and oxygen atoms in total. The van der Waals surface area contributed by atoms with E-state index in [1.807, 2.05) is 83.5 Å². The summed E-state index contributed by atoms with van der Waals surface area (Å²) in [5, 5.41) is 7.51. The Morgan fingerprint density at radius 1 is 0.917 bits per heavy atom. The molecule has 0 saturated heterocycles. The summed E-state index contributed by atoms with van der Waals surface area (Å²) in [7, 11) is 1.33. The Kier molecular flexibility index (Phi) is 8.13. The van der Waals surface area contributed by atoms with E-state index in [2.05, 4.69) is 22.1 Å². The quantitative estimate of drug-likeness (QED) is 0.322. The fourth-order valence-corrected chi connectivity index (χ4v) is 3.87. The van der Waals surface area contributed by atoms with E-state index in [9.17, 15) is 9.59 Å². The lowest BCUT2D eigenvalue weighted by molar-refractivity contribution is -0.142. The molecule has 1 aromatic heterocycles. The Balaban J connectivity index is 1.38. The van der Waals surface area contributed by atoms with Gasteiger partial charge in [0, 0.05) is 6.54 Å². The van der Waals surface area contributed by atoms with Crippen LogP contribution in [0.5, 0.6) is 5.75 Å². The highest BCUT2D eigenvalue weighted by atomic mass is 16.6. The summed E-state index contributed by atoms with van der Waals surface area (Å²) in [5.74, 6) is 0.0436. The average Bonchev–Trinajstić information content (AvgIpc) is 3.35. The number of amides is 1. The first kappa shape index (κ1) is 24.7. The number of carbonyl (C=O) groups is 2. The van der Waals surface area contributed by atoms with E-state index in [1.165, 1.54) is 7.11 Å². The molecule has 0 atom stereocenters. The Morgan fingerprint density at radius 3 is 2.22 bits per heavy atom. The Hall–Kier alpha value is -4.39. The van der Waals surface area contributed by atoms with Crippen molar-refractivity contribution in [2.24, 2.45) is 0 Å². The Labute approximate surface area is 210 Å². The first-order valence-electron chi connectivity index (χ1n) is 11.9. The van der Waals surface area contributed by atoms with Gasteiger partial charge in [-0.05, 0) is 47.4 Å². The summed E-state index contributed by atoms with van der Waals surface area (Å²) >= 11 is 0. The Morgan fingerprint density at radius 2 is 1.58 bits per heavy atom. The monoisotopic (exact) mass is 483 g/mol. The number of methoxy groups -OCH3 is 1. The minimum Gasteiger partial charge on any atom is -0.482 e. The van der Waals surface area contributed by atoms with Crippen LogP contribution in [0.4, 0.5) is 0 Å². The maximum atomic E-state index is 13.0. The van der Waals surface area contributed by atoms with Gasteiger partial charge in [0.1, 0.15) is 5.75 Å². The fourth-order valence-electron chi connectivity index (χ4n) is 3.87. The van der Waals surface area contributed by atoms with Gasteiger partial charge in [0.15, 0.2) is 6.61 Å². The zero-order valence-electron chi connectivity index (χ0n) is 20.4. The number of nitrogens with one attached hydrogen (secondary N) is 1. The first-order chi connectivity index (χ1) is 17.6. The van der Waals surface area contributed by atoms with Gasteiger partial charge in [0.05, 0.1) is 30.3 Å². The lowest BCUT2D eigenvalue weighted by atomic mass is 10.0. The summed E-state index contributed by atoms with van der Waals surface area (Å²) in [5.41, 5.74) is 5.52. The van der Waals surface area contributed by atoms with E-state index in [1.54, 1.807) is 6.20 Å². The molecular weight excluding hydrogens is 454 g/mol. The maximum absolute atomic E-state index is 13.0. The van der Waals surface area contributed by atoms with Crippen LogP contribution < -0.4 is 10.1 Å². The van der Waals surface area contributed by atoms with E-state index in [-0.39, 0.29) is 12.5 Å². The van der Waals surface area contributed by atoms with Crippen LogP contribution >= 0.6 is 0 Å². The van der Waals surface area contributed by atoms with E-state index in [4.69, 9.17) is 4.74 Å². The van der Waals surface area contributed by atoms with E-state index >= 15 is 0 Å². The molecule has 7 heteroatoms. The number of nitrogens with zero attached hydrogens (tertiary/aromatic N) is 2. The van der Waals surface area contributed by atoms with Crippen LogP contribution in [0, 0.1) is 0 Å². The van der Waals surface area contributed by atoms with Crippen molar-refractivity contribution in [3.05, 3.63) is 102 Å². The molecule has 0 spiro atoms. The molecule has 36 heavy (non-hydrogen) atoms. The molecule has 0 radical (unpaired) electrons. The largest absolute Gasteiger partial charge is 0.482 e. The standard InChI is InChI=1S/C29H29N3O4/c1-3-7-27-26(19-31-32(27)24-8-5-4-6-9-24)29(34)30-18-21-10-12-22(13-11-21)23-14-16-25(17-15-23)36-20-28(33)35-2/h4-6,8-17,19H,3,7,18,20H2,1-2H3,(H,30,34). The van der Waals surface area contributed by atoms with Crippen molar-refractivity contribution < 1.29 is 19.1 Å². The molecule has 0 aliphatic heterocycles. The predicted molar refractivity (Wildman–Crippen MR) is 138 cm³/mol. The molecule has 4 rings (SSSR count). The van der Waals surface area contributed by atoms with Crippen LogP contribution in [0.3, 0.4) is 0 Å². The molecular formula is C29H29N3O4. The molecule has 0 bridgehead atoms. The topological polar surface area (TPSA) is 82.4 Å².